The smallest absolute Gasteiger partial charge is 0.356 e. The van der Waals surface area contributed by atoms with Crippen LogP contribution in [0.3, 0.4) is 0 Å². The molecule has 9 heteroatoms. The Balaban J connectivity index is 1.95. The van der Waals surface area contributed by atoms with Crippen LogP contribution in [-0.4, -0.2) is 53.4 Å². The molecule has 2 N–H and O–H groups in total. The van der Waals surface area contributed by atoms with Gasteiger partial charge >= 0.3 is 5.97 Å². The number of carbonyl (C=O) groups is 1. The fourth-order valence-corrected chi connectivity index (χ4v) is 3.58. The first-order valence-electron chi connectivity index (χ1n) is 9.13. The van der Waals surface area contributed by atoms with Gasteiger partial charge in [-0.05, 0) is 24.6 Å². The standard InChI is InChI=1S/C19H20ClN5O3/c1-2-28-19(27)14-11-25-16(18(26)22-14)15(12-4-3-5-13(20)10-12)17(23-25)24-8-6-21-7-9-24/h3-5,10-11,21H,2,6-9H2,1H3,(H,22,26). The Morgan fingerprint density at radius 2 is 2.11 bits per heavy atom. The number of H-pyrrole nitrogens is 1. The largest absolute Gasteiger partial charge is 0.461 e. The first-order valence-corrected chi connectivity index (χ1v) is 9.50. The number of nitrogens with zero attached hydrogens (tertiary/aromatic N) is 3. The number of ether oxygens (including phenoxy) is 1. The van der Waals surface area contributed by atoms with Crippen molar-refractivity contribution >= 4 is 28.9 Å². The van der Waals surface area contributed by atoms with E-state index in [1.807, 2.05) is 18.2 Å². The number of benzene rings is 1. The molecule has 1 aliphatic heterocycles. The molecule has 0 amide bonds. The van der Waals surface area contributed by atoms with Crippen LogP contribution in [0.2, 0.25) is 5.02 Å². The molecule has 1 aromatic carbocycles. The number of hydrogen-bond acceptors (Lipinski definition) is 6. The van der Waals surface area contributed by atoms with Crippen molar-refractivity contribution in [2.45, 2.75) is 6.92 Å². The molecular formula is C19H20ClN5O3. The minimum absolute atomic E-state index is 0.0614. The van der Waals surface area contributed by atoms with Gasteiger partial charge in [-0.3, -0.25) is 4.79 Å². The van der Waals surface area contributed by atoms with E-state index in [2.05, 4.69) is 20.3 Å². The minimum Gasteiger partial charge on any atom is -0.461 e. The molecule has 28 heavy (non-hydrogen) atoms. The van der Waals surface area contributed by atoms with E-state index in [-0.39, 0.29) is 12.3 Å². The molecule has 0 saturated carbocycles. The van der Waals surface area contributed by atoms with Crippen LogP contribution in [0, 0.1) is 0 Å². The average Bonchev–Trinajstić information content (AvgIpc) is 3.09. The Hall–Kier alpha value is -2.84. The van der Waals surface area contributed by atoms with Crippen molar-refractivity contribution in [3.63, 3.8) is 0 Å². The van der Waals surface area contributed by atoms with Crippen LogP contribution in [0.1, 0.15) is 17.4 Å². The van der Waals surface area contributed by atoms with Gasteiger partial charge in [-0.25, -0.2) is 9.31 Å². The second-order valence-electron chi connectivity index (χ2n) is 6.46. The summed E-state index contributed by atoms with van der Waals surface area (Å²) in [5.41, 5.74) is 1.51. The molecule has 0 atom stereocenters. The SMILES string of the molecule is CCOC(=O)c1cn2nc(N3CCNCC3)c(-c3cccc(Cl)c3)c2c(=O)[nH]1. The van der Waals surface area contributed by atoms with Gasteiger partial charge in [0, 0.05) is 31.2 Å². The predicted molar refractivity (Wildman–Crippen MR) is 107 cm³/mol. The van der Waals surface area contributed by atoms with Gasteiger partial charge in [-0.2, -0.15) is 0 Å². The van der Waals surface area contributed by atoms with Crippen LogP contribution in [0.4, 0.5) is 5.82 Å². The van der Waals surface area contributed by atoms with E-state index in [9.17, 15) is 9.59 Å². The fourth-order valence-electron chi connectivity index (χ4n) is 3.39. The number of hydrogen-bond donors (Lipinski definition) is 2. The summed E-state index contributed by atoms with van der Waals surface area (Å²) >= 11 is 6.19. The molecule has 0 unspecified atom stereocenters. The summed E-state index contributed by atoms with van der Waals surface area (Å²) in [7, 11) is 0. The summed E-state index contributed by atoms with van der Waals surface area (Å²) < 4.78 is 6.46. The third-order valence-corrected chi connectivity index (χ3v) is 4.87. The average molecular weight is 402 g/mol. The molecule has 0 spiro atoms. The van der Waals surface area contributed by atoms with Gasteiger partial charge in [0.2, 0.25) is 0 Å². The van der Waals surface area contributed by atoms with Crippen molar-refractivity contribution in [1.82, 2.24) is 19.9 Å². The summed E-state index contributed by atoms with van der Waals surface area (Å²) in [6.07, 6.45) is 1.49. The summed E-state index contributed by atoms with van der Waals surface area (Å²) in [5, 5.41) is 8.53. The number of nitrogens with one attached hydrogen (secondary N) is 2. The Bertz CT molecular complexity index is 1080. The van der Waals surface area contributed by atoms with Crippen molar-refractivity contribution in [3.8, 4) is 11.1 Å². The zero-order chi connectivity index (χ0) is 19.7. The quantitative estimate of drug-likeness (QED) is 0.649. The molecule has 2 aromatic heterocycles. The number of aromatic amines is 1. The van der Waals surface area contributed by atoms with E-state index in [4.69, 9.17) is 16.3 Å². The Morgan fingerprint density at radius 3 is 2.82 bits per heavy atom. The van der Waals surface area contributed by atoms with Gasteiger partial charge in [-0.15, -0.1) is 5.10 Å². The Kier molecular flexibility index (Phi) is 5.06. The highest BCUT2D eigenvalue weighted by atomic mass is 35.5. The first kappa shape index (κ1) is 18.5. The molecule has 0 bridgehead atoms. The molecule has 146 valence electrons. The maximum Gasteiger partial charge on any atom is 0.356 e. The molecule has 4 rings (SSSR count). The lowest BCUT2D eigenvalue weighted by atomic mass is 10.1. The van der Waals surface area contributed by atoms with Gasteiger partial charge in [0.15, 0.2) is 5.82 Å². The van der Waals surface area contributed by atoms with E-state index in [1.54, 1.807) is 13.0 Å². The lowest BCUT2D eigenvalue weighted by Gasteiger charge is -2.28. The zero-order valence-corrected chi connectivity index (χ0v) is 16.1. The van der Waals surface area contributed by atoms with Crippen LogP contribution in [0.25, 0.3) is 16.6 Å². The topological polar surface area (TPSA) is 91.7 Å². The second-order valence-corrected chi connectivity index (χ2v) is 6.89. The highest BCUT2D eigenvalue weighted by molar-refractivity contribution is 6.30. The van der Waals surface area contributed by atoms with Gasteiger partial charge < -0.3 is 19.9 Å². The lowest BCUT2D eigenvalue weighted by molar-refractivity contribution is 0.0518. The highest BCUT2D eigenvalue weighted by Crippen LogP contribution is 2.34. The maximum absolute atomic E-state index is 12.9. The van der Waals surface area contributed by atoms with E-state index < -0.39 is 11.5 Å². The van der Waals surface area contributed by atoms with E-state index in [0.717, 1.165) is 31.7 Å². The summed E-state index contributed by atoms with van der Waals surface area (Å²) in [5.74, 6) is 0.0975. The summed E-state index contributed by atoms with van der Waals surface area (Å²) in [6.45, 7) is 5.11. The second kappa shape index (κ2) is 7.65. The Labute approximate surface area is 166 Å². The number of aromatic nitrogens is 3. The molecule has 3 heterocycles. The van der Waals surface area contributed by atoms with Crippen LogP contribution in [0.5, 0.6) is 0 Å². The summed E-state index contributed by atoms with van der Waals surface area (Å²) in [4.78, 5) is 29.7. The van der Waals surface area contributed by atoms with E-state index in [0.29, 0.717) is 21.9 Å². The minimum atomic E-state index is -0.593. The first-order chi connectivity index (χ1) is 13.6. The molecule has 1 aliphatic rings. The monoisotopic (exact) mass is 401 g/mol. The van der Waals surface area contributed by atoms with Crippen molar-refractivity contribution in [2.75, 3.05) is 37.7 Å². The van der Waals surface area contributed by atoms with Crippen LogP contribution < -0.4 is 15.8 Å². The van der Waals surface area contributed by atoms with Gasteiger partial charge in [-0.1, -0.05) is 23.7 Å². The molecular weight excluding hydrogens is 382 g/mol. The zero-order valence-electron chi connectivity index (χ0n) is 15.4. The third-order valence-electron chi connectivity index (χ3n) is 4.63. The molecule has 0 aliphatic carbocycles. The molecule has 8 nitrogen and oxygen atoms in total. The van der Waals surface area contributed by atoms with Crippen LogP contribution >= 0.6 is 11.6 Å². The number of carbonyl (C=O) groups excluding carboxylic acids is 1. The predicted octanol–water partition coefficient (Wildman–Crippen LogP) is 1.93. The van der Waals surface area contributed by atoms with Crippen molar-refractivity contribution in [3.05, 3.63) is 51.5 Å². The highest BCUT2D eigenvalue weighted by Gasteiger charge is 2.24. The van der Waals surface area contributed by atoms with E-state index >= 15 is 0 Å². The van der Waals surface area contributed by atoms with Crippen molar-refractivity contribution < 1.29 is 9.53 Å². The number of piperazine rings is 1. The van der Waals surface area contributed by atoms with Crippen LogP contribution in [-0.2, 0) is 4.74 Å². The van der Waals surface area contributed by atoms with Gasteiger partial charge in [0.1, 0.15) is 11.2 Å². The lowest BCUT2D eigenvalue weighted by Crippen LogP contribution is -2.43. The third kappa shape index (κ3) is 3.36. The molecule has 0 radical (unpaired) electrons. The molecule has 3 aromatic rings. The van der Waals surface area contributed by atoms with Crippen LogP contribution in [0.15, 0.2) is 35.3 Å². The van der Waals surface area contributed by atoms with E-state index in [1.165, 1.54) is 10.7 Å². The number of rotatable bonds is 4. The molecule has 1 fully saturated rings. The maximum atomic E-state index is 12.9. The number of esters is 1. The normalized spacial score (nSPS) is 14.4. The summed E-state index contributed by atoms with van der Waals surface area (Å²) in [6, 6.07) is 7.32. The number of fused-ring (bicyclic) bond motifs is 1. The van der Waals surface area contributed by atoms with Gasteiger partial charge in [0.25, 0.3) is 5.56 Å². The van der Waals surface area contributed by atoms with Crippen molar-refractivity contribution in [2.24, 2.45) is 0 Å². The molecule has 1 saturated heterocycles. The number of anilines is 1. The van der Waals surface area contributed by atoms with Crippen molar-refractivity contribution in [1.29, 1.82) is 0 Å². The number of halogens is 1. The fraction of sp³-hybridized carbons (Fsp3) is 0.316. The Morgan fingerprint density at radius 1 is 1.32 bits per heavy atom. The van der Waals surface area contributed by atoms with Gasteiger partial charge in [0.05, 0.1) is 18.4 Å².